The molecule has 0 unspecified atom stereocenters. The number of para-hydroxylation sites is 1. The molecule has 1 amide bonds. The number of rotatable bonds is 7. The van der Waals surface area contributed by atoms with Gasteiger partial charge in [-0.1, -0.05) is 31.2 Å². The number of hydrogen-bond acceptors (Lipinski definition) is 5. The normalized spacial score (nSPS) is 11.8. The van der Waals surface area contributed by atoms with Crippen molar-refractivity contribution in [2.45, 2.75) is 27.3 Å². The predicted molar refractivity (Wildman–Crippen MR) is 105 cm³/mol. The monoisotopic (exact) mass is 365 g/mol. The number of hydrogen-bond donors (Lipinski definition) is 1. The van der Waals surface area contributed by atoms with E-state index in [0.29, 0.717) is 18.2 Å². The summed E-state index contributed by atoms with van der Waals surface area (Å²) in [6.07, 6.45) is 0. The van der Waals surface area contributed by atoms with E-state index in [9.17, 15) is 4.79 Å². The van der Waals surface area contributed by atoms with Crippen LogP contribution in [0.5, 0.6) is 5.75 Å². The number of ether oxygens (including phenoxy) is 1. The van der Waals surface area contributed by atoms with Gasteiger partial charge in [-0.25, -0.2) is 10.1 Å². The van der Waals surface area contributed by atoms with E-state index < -0.39 is 0 Å². The molecule has 0 fully saturated rings. The fraction of sp³-hybridized carbons (Fsp3) is 0.300. The number of nitrogens with one attached hydrogen (secondary N) is 1. The van der Waals surface area contributed by atoms with Crippen LogP contribution in [0.3, 0.4) is 0 Å². The number of benzene rings is 2. The molecule has 0 radical (unpaired) electrons. The summed E-state index contributed by atoms with van der Waals surface area (Å²) in [6, 6.07) is 15.1. The van der Waals surface area contributed by atoms with E-state index >= 15 is 0 Å². The van der Waals surface area contributed by atoms with Gasteiger partial charge >= 0.3 is 0 Å². The van der Waals surface area contributed by atoms with Crippen molar-refractivity contribution in [3.8, 4) is 5.75 Å². The van der Waals surface area contributed by atoms with Crippen molar-refractivity contribution in [1.82, 2.24) is 20.4 Å². The molecule has 7 nitrogen and oxygen atoms in total. The van der Waals surface area contributed by atoms with Crippen molar-refractivity contribution >= 4 is 22.7 Å². The Morgan fingerprint density at radius 1 is 1.19 bits per heavy atom. The Balaban J connectivity index is 1.58. The fourth-order valence-electron chi connectivity index (χ4n) is 2.47. The van der Waals surface area contributed by atoms with Gasteiger partial charge in [-0.15, -0.1) is 5.10 Å². The van der Waals surface area contributed by atoms with Crippen molar-refractivity contribution in [3.05, 3.63) is 54.1 Å². The van der Waals surface area contributed by atoms with Crippen LogP contribution in [0.15, 0.2) is 53.6 Å². The van der Waals surface area contributed by atoms with Crippen molar-refractivity contribution in [1.29, 1.82) is 0 Å². The van der Waals surface area contributed by atoms with Crippen molar-refractivity contribution < 1.29 is 9.53 Å². The molecule has 0 bridgehead atoms. The van der Waals surface area contributed by atoms with E-state index in [1.165, 1.54) is 0 Å². The van der Waals surface area contributed by atoms with Crippen molar-refractivity contribution in [2.75, 3.05) is 6.61 Å². The topological polar surface area (TPSA) is 81.4 Å². The minimum atomic E-state index is -0.262. The zero-order chi connectivity index (χ0) is 19.2. The maximum absolute atomic E-state index is 12.2. The largest absolute Gasteiger partial charge is 0.493 e. The Kier molecular flexibility index (Phi) is 5.80. The van der Waals surface area contributed by atoms with E-state index in [1.54, 1.807) is 4.68 Å². The molecule has 3 aromatic rings. The lowest BCUT2D eigenvalue weighted by Gasteiger charge is -2.09. The first kappa shape index (κ1) is 18.6. The van der Waals surface area contributed by atoms with Gasteiger partial charge in [-0.2, -0.15) is 5.10 Å². The summed E-state index contributed by atoms with van der Waals surface area (Å²) in [6.45, 7) is 6.79. The maximum atomic E-state index is 12.2. The highest BCUT2D eigenvalue weighted by Crippen LogP contribution is 2.14. The molecule has 3 rings (SSSR count). The third kappa shape index (κ3) is 4.91. The lowest BCUT2D eigenvalue weighted by molar-refractivity contribution is -0.121. The fourth-order valence-corrected chi connectivity index (χ4v) is 2.47. The second kappa shape index (κ2) is 8.44. The van der Waals surface area contributed by atoms with Gasteiger partial charge in [0.1, 0.15) is 17.8 Å². The number of nitrogens with zero attached hydrogens (tertiary/aromatic N) is 4. The van der Waals surface area contributed by atoms with Gasteiger partial charge in [0.05, 0.1) is 17.8 Å². The number of hydrazone groups is 1. The lowest BCUT2D eigenvalue weighted by Crippen LogP contribution is -2.24. The molecule has 0 spiro atoms. The molecule has 1 aromatic heterocycles. The van der Waals surface area contributed by atoms with Crippen LogP contribution >= 0.6 is 0 Å². The van der Waals surface area contributed by atoms with Gasteiger partial charge in [0.25, 0.3) is 5.91 Å². The molecule has 0 aliphatic rings. The van der Waals surface area contributed by atoms with Crippen LogP contribution < -0.4 is 10.2 Å². The van der Waals surface area contributed by atoms with Crippen LogP contribution in [0, 0.1) is 5.92 Å². The average Bonchev–Trinajstić information content (AvgIpc) is 3.08. The first-order chi connectivity index (χ1) is 13.0. The highest BCUT2D eigenvalue weighted by atomic mass is 16.5. The average molecular weight is 365 g/mol. The zero-order valence-electron chi connectivity index (χ0n) is 15.7. The molecule has 1 N–H and O–H groups in total. The molecule has 2 aromatic carbocycles. The van der Waals surface area contributed by atoms with Gasteiger partial charge in [0.2, 0.25) is 0 Å². The third-order valence-corrected chi connectivity index (χ3v) is 3.92. The minimum Gasteiger partial charge on any atom is -0.493 e. The molecule has 0 aliphatic heterocycles. The SMILES string of the molecule is C/C(=N/NC(=O)Cn1nnc2ccccc21)c1ccc(OCC(C)C)cc1. The van der Waals surface area contributed by atoms with Gasteiger partial charge in [0.15, 0.2) is 0 Å². The Morgan fingerprint density at radius 3 is 2.67 bits per heavy atom. The Labute approximate surface area is 158 Å². The van der Waals surface area contributed by atoms with E-state index in [-0.39, 0.29) is 12.5 Å². The quantitative estimate of drug-likeness (QED) is 0.515. The number of aromatic nitrogens is 3. The van der Waals surface area contributed by atoms with Crippen LogP contribution in [0.2, 0.25) is 0 Å². The maximum Gasteiger partial charge on any atom is 0.261 e. The minimum absolute atomic E-state index is 0.0548. The number of fused-ring (bicyclic) bond motifs is 1. The summed E-state index contributed by atoms with van der Waals surface area (Å²) in [4.78, 5) is 12.2. The molecule has 0 aliphatic carbocycles. The summed E-state index contributed by atoms with van der Waals surface area (Å²) in [5, 5.41) is 12.2. The van der Waals surface area contributed by atoms with Crippen LogP contribution in [-0.4, -0.2) is 33.2 Å². The Hall–Kier alpha value is -3.22. The van der Waals surface area contributed by atoms with Crippen LogP contribution in [0.4, 0.5) is 0 Å². The smallest absolute Gasteiger partial charge is 0.261 e. The van der Waals surface area contributed by atoms with Crippen LogP contribution in [-0.2, 0) is 11.3 Å². The summed E-state index contributed by atoms with van der Waals surface area (Å²) in [5.74, 6) is 1.04. The molecular formula is C20H23N5O2. The van der Waals surface area contributed by atoms with Gasteiger partial charge in [-0.3, -0.25) is 4.79 Å². The summed E-state index contributed by atoms with van der Waals surface area (Å²) < 4.78 is 7.22. The summed E-state index contributed by atoms with van der Waals surface area (Å²) >= 11 is 0. The number of carbonyl (C=O) groups is 1. The Bertz CT molecular complexity index is 944. The van der Waals surface area contributed by atoms with Crippen molar-refractivity contribution in [2.24, 2.45) is 11.0 Å². The van der Waals surface area contributed by atoms with Gasteiger partial charge < -0.3 is 4.74 Å². The molecule has 27 heavy (non-hydrogen) atoms. The van der Waals surface area contributed by atoms with Gasteiger partial charge in [-0.05, 0) is 54.8 Å². The molecule has 0 saturated carbocycles. The molecule has 140 valence electrons. The molecule has 7 heteroatoms. The van der Waals surface area contributed by atoms with E-state index in [0.717, 1.165) is 22.3 Å². The second-order valence-electron chi connectivity index (χ2n) is 6.70. The predicted octanol–water partition coefficient (Wildman–Crippen LogP) is 3.01. The molecule has 1 heterocycles. The zero-order valence-corrected chi connectivity index (χ0v) is 15.7. The van der Waals surface area contributed by atoms with E-state index in [1.807, 2.05) is 55.5 Å². The van der Waals surface area contributed by atoms with Crippen LogP contribution in [0.1, 0.15) is 26.3 Å². The van der Waals surface area contributed by atoms with Gasteiger partial charge in [0, 0.05) is 0 Å². The second-order valence-corrected chi connectivity index (χ2v) is 6.70. The highest BCUT2D eigenvalue weighted by molar-refractivity contribution is 5.99. The third-order valence-electron chi connectivity index (χ3n) is 3.92. The molecule has 0 atom stereocenters. The first-order valence-electron chi connectivity index (χ1n) is 8.87. The van der Waals surface area contributed by atoms with E-state index in [2.05, 4.69) is 34.7 Å². The lowest BCUT2D eigenvalue weighted by atomic mass is 10.1. The van der Waals surface area contributed by atoms with Crippen LogP contribution in [0.25, 0.3) is 11.0 Å². The molecular weight excluding hydrogens is 342 g/mol. The van der Waals surface area contributed by atoms with Crippen molar-refractivity contribution in [3.63, 3.8) is 0 Å². The summed E-state index contributed by atoms with van der Waals surface area (Å²) in [5.41, 5.74) is 5.76. The molecule has 0 saturated heterocycles. The number of amides is 1. The van der Waals surface area contributed by atoms with E-state index in [4.69, 9.17) is 4.74 Å². The number of carbonyl (C=O) groups excluding carboxylic acids is 1. The Morgan fingerprint density at radius 2 is 1.93 bits per heavy atom. The highest BCUT2D eigenvalue weighted by Gasteiger charge is 2.08. The standard InChI is InChI=1S/C20H23N5O2/c1-14(2)13-27-17-10-8-16(9-11-17)15(3)21-23-20(26)12-25-19-7-5-4-6-18(19)22-24-25/h4-11,14H,12-13H2,1-3H3,(H,23,26)/b21-15-. The summed E-state index contributed by atoms with van der Waals surface area (Å²) in [7, 11) is 0. The first-order valence-corrected chi connectivity index (χ1v) is 8.87.